The molecule has 1 atom stereocenters. The molecule has 0 saturated carbocycles. The number of rotatable bonds is 5. The number of nitrogens with one attached hydrogen (secondary N) is 1. The van der Waals surface area contributed by atoms with Crippen molar-refractivity contribution in [3.63, 3.8) is 0 Å². The molecule has 0 aromatic heterocycles. The molecule has 2 rings (SSSR count). The van der Waals surface area contributed by atoms with Gasteiger partial charge in [0.2, 0.25) is 11.8 Å². The summed E-state index contributed by atoms with van der Waals surface area (Å²) in [5, 5.41) is 3.01. The Morgan fingerprint density at radius 3 is 2.76 bits per heavy atom. The van der Waals surface area contributed by atoms with Gasteiger partial charge in [0.25, 0.3) is 0 Å². The maximum Gasteiger partial charge on any atom is 0.224 e. The minimum atomic E-state index is -0.0422. The van der Waals surface area contributed by atoms with Gasteiger partial charge in [0.15, 0.2) is 0 Å². The third kappa shape index (κ3) is 4.88. The summed E-state index contributed by atoms with van der Waals surface area (Å²) in [5.41, 5.74) is 1.30. The van der Waals surface area contributed by atoms with Crippen LogP contribution in [0.2, 0.25) is 0 Å². The minimum Gasteiger partial charge on any atom is -0.356 e. The molecular weight excluding hydrogens is 264 g/mol. The van der Waals surface area contributed by atoms with Crippen LogP contribution in [-0.4, -0.2) is 36.3 Å². The molecule has 1 aliphatic rings. The second-order valence-corrected chi connectivity index (χ2v) is 5.68. The smallest absolute Gasteiger partial charge is 0.224 e. The summed E-state index contributed by atoms with van der Waals surface area (Å²) in [5.74, 6) is 0.116. The second kappa shape index (κ2) is 7.81. The van der Waals surface area contributed by atoms with Crippen molar-refractivity contribution < 1.29 is 9.59 Å². The maximum absolute atomic E-state index is 12.1. The first-order valence-electron chi connectivity index (χ1n) is 7.74. The zero-order chi connectivity index (χ0) is 15.1. The van der Waals surface area contributed by atoms with Gasteiger partial charge in [-0.05, 0) is 31.2 Å². The van der Waals surface area contributed by atoms with Crippen molar-refractivity contribution in [2.75, 3.05) is 19.6 Å². The largest absolute Gasteiger partial charge is 0.356 e. The molecule has 1 fully saturated rings. The Hall–Kier alpha value is -1.84. The summed E-state index contributed by atoms with van der Waals surface area (Å²) in [4.78, 5) is 25.3. The first-order valence-corrected chi connectivity index (χ1v) is 7.74. The average Bonchev–Trinajstić information content (AvgIpc) is 2.52. The molecule has 4 nitrogen and oxygen atoms in total. The normalized spacial score (nSPS) is 18.3. The fourth-order valence-electron chi connectivity index (χ4n) is 2.77. The summed E-state index contributed by atoms with van der Waals surface area (Å²) >= 11 is 0. The highest BCUT2D eigenvalue weighted by molar-refractivity contribution is 5.80. The molecule has 114 valence electrons. The summed E-state index contributed by atoms with van der Waals surface area (Å²) in [6.45, 7) is 3.62. The predicted octanol–water partition coefficient (Wildman–Crippen LogP) is 1.99. The zero-order valence-electron chi connectivity index (χ0n) is 12.7. The fraction of sp³-hybridized carbons (Fsp3) is 0.529. The van der Waals surface area contributed by atoms with Crippen molar-refractivity contribution in [1.82, 2.24) is 10.2 Å². The van der Waals surface area contributed by atoms with Crippen molar-refractivity contribution in [2.45, 2.75) is 32.6 Å². The van der Waals surface area contributed by atoms with Crippen molar-refractivity contribution in [3.8, 4) is 0 Å². The van der Waals surface area contributed by atoms with Crippen LogP contribution in [0.5, 0.6) is 0 Å². The van der Waals surface area contributed by atoms with Gasteiger partial charge < -0.3 is 10.2 Å². The number of benzene rings is 1. The average molecular weight is 288 g/mol. The van der Waals surface area contributed by atoms with E-state index in [9.17, 15) is 9.59 Å². The van der Waals surface area contributed by atoms with Crippen molar-refractivity contribution in [3.05, 3.63) is 35.9 Å². The lowest BCUT2D eigenvalue weighted by Crippen LogP contribution is -2.44. The van der Waals surface area contributed by atoms with Gasteiger partial charge in [-0.1, -0.05) is 30.3 Å². The highest BCUT2D eigenvalue weighted by Crippen LogP contribution is 2.16. The van der Waals surface area contributed by atoms with Crippen LogP contribution in [-0.2, 0) is 16.0 Å². The lowest BCUT2D eigenvalue weighted by molar-refractivity contribution is -0.133. The van der Waals surface area contributed by atoms with E-state index in [4.69, 9.17) is 0 Å². The second-order valence-electron chi connectivity index (χ2n) is 5.68. The SMILES string of the molecule is CC(=O)N1CCCC(C(=O)NCCCc2ccccc2)C1. The van der Waals surface area contributed by atoms with Crippen LogP contribution >= 0.6 is 0 Å². The molecule has 2 amide bonds. The third-order valence-corrected chi connectivity index (χ3v) is 4.02. The number of nitrogens with zero attached hydrogens (tertiary/aromatic N) is 1. The molecule has 1 aliphatic heterocycles. The number of hydrogen-bond acceptors (Lipinski definition) is 2. The zero-order valence-corrected chi connectivity index (χ0v) is 12.7. The van der Waals surface area contributed by atoms with Gasteiger partial charge in [0.05, 0.1) is 5.92 Å². The lowest BCUT2D eigenvalue weighted by atomic mass is 9.97. The Bertz CT molecular complexity index is 473. The maximum atomic E-state index is 12.1. The third-order valence-electron chi connectivity index (χ3n) is 4.02. The molecule has 21 heavy (non-hydrogen) atoms. The number of carbonyl (C=O) groups is 2. The van der Waals surface area contributed by atoms with Gasteiger partial charge in [0, 0.05) is 26.6 Å². The van der Waals surface area contributed by atoms with Crippen molar-refractivity contribution in [2.24, 2.45) is 5.92 Å². The number of carbonyl (C=O) groups excluding carboxylic acids is 2. The number of aryl methyl sites for hydroxylation is 1. The van der Waals surface area contributed by atoms with Crippen LogP contribution < -0.4 is 5.32 Å². The Kier molecular flexibility index (Phi) is 5.78. The fourth-order valence-corrected chi connectivity index (χ4v) is 2.77. The van der Waals surface area contributed by atoms with E-state index in [1.54, 1.807) is 11.8 Å². The van der Waals surface area contributed by atoms with E-state index < -0.39 is 0 Å². The first-order chi connectivity index (χ1) is 10.2. The molecule has 0 bridgehead atoms. The van der Waals surface area contributed by atoms with Gasteiger partial charge in [-0.25, -0.2) is 0 Å². The van der Waals surface area contributed by atoms with Crippen LogP contribution in [0.4, 0.5) is 0 Å². The highest BCUT2D eigenvalue weighted by atomic mass is 16.2. The molecular formula is C17H24N2O2. The molecule has 1 N–H and O–H groups in total. The Balaban J connectivity index is 1.68. The quantitative estimate of drug-likeness (QED) is 0.842. The summed E-state index contributed by atoms with van der Waals surface area (Å²) in [6, 6.07) is 10.3. The predicted molar refractivity (Wildman–Crippen MR) is 82.8 cm³/mol. The van der Waals surface area contributed by atoms with Gasteiger partial charge in [-0.2, -0.15) is 0 Å². The van der Waals surface area contributed by atoms with Crippen molar-refractivity contribution in [1.29, 1.82) is 0 Å². The van der Waals surface area contributed by atoms with Crippen LogP contribution in [0.1, 0.15) is 31.7 Å². The highest BCUT2D eigenvalue weighted by Gasteiger charge is 2.26. The van der Waals surface area contributed by atoms with Gasteiger partial charge in [-0.3, -0.25) is 9.59 Å². The summed E-state index contributed by atoms with van der Waals surface area (Å²) in [7, 11) is 0. The van der Waals surface area contributed by atoms with E-state index in [0.717, 1.165) is 32.2 Å². The molecule has 1 saturated heterocycles. The Morgan fingerprint density at radius 2 is 2.05 bits per heavy atom. The summed E-state index contributed by atoms with van der Waals surface area (Å²) in [6.07, 6.45) is 3.72. The first kappa shape index (κ1) is 15.5. The van der Waals surface area contributed by atoms with Gasteiger partial charge >= 0.3 is 0 Å². The number of piperidine rings is 1. The number of likely N-dealkylation sites (tertiary alicyclic amines) is 1. The molecule has 1 aromatic rings. The van der Waals surface area contributed by atoms with E-state index in [1.165, 1.54) is 5.56 Å². The van der Waals surface area contributed by atoms with E-state index in [1.807, 2.05) is 18.2 Å². The number of hydrogen-bond donors (Lipinski definition) is 1. The minimum absolute atomic E-state index is 0.0422. The van der Waals surface area contributed by atoms with Gasteiger partial charge in [0.1, 0.15) is 0 Å². The van der Waals surface area contributed by atoms with Crippen molar-refractivity contribution >= 4 is 11.8 Å². The van der Waals surface area contributed by atoms with E-state index >= 15 is 0 Å². The van der Waals surface area contributed by atoms with Crippen LogP contribution in [0.15, 0.2) is 30.3 Å². The van der Waals surface area contributed by atoms with E-state index in [2.05, 4.69) is 17.4 Å². The molecule has 1 aromatic carbocycles. The Morgan fingerprint density at radius 1 is 1.29 bits per heavy atom. The monoisotopic (exact) mass is 288 g/mol. The van der Waals surface area contributed by atoms with E-state index in [-0.39, 0.29) is 17.7 Å². The molecule has 1 heterocycles. The Labute approximate surface area is 126 Å². The molecule has 4 heteroatoms. The molecule has 0 aliphatic carbocycles. The molecule has 0 spiro atoms. The molecule has 0 radical (unpaired) electrons. The standard InChI is InChI=1S/C17H24N2O2/c1-14(20)19-12-6-10-16(13-19)17(21)18-11-5-9-15-7-3-2-4-8-15/h2-4,7-8,16H,5-6,9-13H2,1H3,(H,18,21). The topological polar surface area (TPSA) is 49.4 Å². The van der Waals surface area contributed by atoms with Crippen LogP contribution in [0.25, 0.3) is 0 Å². The van der Waals surface area contributed by atoms with Gasteiger partial charge in [-0.15, -0.1) is 0 Å². The van der Waals surface area contributed by atoms with Crippen LogP contribution in [0.3, 0.4) is 0 Å². The van der Waals surface area contributed by atoms with Crippen LogP contribution in [0, 0.1) is 5.92 Å². The molecule has 1 unspecified atom stereocenters. The summed E-state index contributed by atoms with van der Waals surface area (Å²) < 4.78 is 0. The van der Waals surface area contributed by atoms with E-state index in [0.29, 0.717) is 13.1 Å². The lowest BCUT2D eigenvalue weighted by Gasteiger charge is -2.31. The number of amides is 2.